The molecule has 0 saturated heterocycles. The van der Waals surface area contributed by atoms with Gasteiger partial charge in [0.1, 0.15) is 5.58 Å². The molecule has 5 nitrogen and oxygen atoms in total. The topological polar surface area (TPSA) is 57.0 Å². The number of nitrogens with zero attached hydrogens (tertiary/aromatic N) is 3. The zero-order valence-electron chi connectivity index (χ0n) is 40.6. The summed E-state index contributed by atoms with van der Waals surface area (Å²) in [5, 5.41) is 4.26. The van der Waals surface area contributed by atoms with Gasteiger partial charge in [0.2, 0.25) is 0 Å². The first-order valence-corrected chi connectivity index (χ1v) is 23.5. The summed E-state index contributed by atoms with van der Waals surface area (Å²) in [5.41, 5.74) is 16.7. The van der Waals surface area contributed by atoms with E-state index in [4.69, 9.17) is 13.8 Å². The van der Waals surface area contributed by atoms with E-state index in [2.05, 4.69) is 200 Å². The maximum atomic E-state index is 7.06. The van der Waals surface area contributed by atoms with Gasteiger partial charge in [-0.15, -0.1) is 53.6 Å². The van der Waals surface area contributed by atoms with Crippen LogP contribution in [0.25, 0.3) is 94.4 Å². The van der Waals surface area contributed by atoms with Gasteiger partial charge in [-0.2, -0.15) is 0 Å². The third-order valence-electron chi connectivity index (χ3n) is 13.0. The first-order chi connectivity index (χ1) is 32.2. The van der Waals surface area contributed by atoms with Crippen LogP contribution in [0.3, 0.4) is 0 Å². The predicted octanol–water partition coefficient (Wildman–Crippen LogP) is 17.3. The number of furan rings is 2. The van der Waals surface area contributed by atoms with Crippen molar-refractivity contribution in [2.24, 2.45) is 0 Å². The summed E-state index contributed by atoms with van der Waals surface area (Å²) in [6.07, 6.45) is 1.87. The average molecular weight is 1070 g/mol. The quantitative estimate of drug-likeness (QED) is 0.156. The third kappa shape index (κ3) is 8.39. The summed E-state index contributed by atoms with van der Waals surface area (Å²) >= 11 is 0. The van der Waals surface area contributed by atoms with Crippen molar-refractivity contribution in [2.45, 2.75) is 91.9 Å². The second kappa shape index (κ2) is 18.1. The standard InChI is InChI=1S/C47H41N2O2.C15H16N.Ir/c1-27(2)35-25-30(29-15-9-8-10-16-29)26-36(28(3)4)42(35)49-39-19-13-12-18-38(39)48-46(49)34-23-24-37(47(5,6)7)41-33-22-21-32-31-17-11-14-20-40(31)50-44(32)45(33)51-43(34)41;1-15(2,3)13-9-10-16-14(11-13)12-7-5-4-6-8-12;/h8-22,24-28H,1-7H3;4-7,9-11H,1-3H3;/q2*-1;. The number of pyridine rings is 1. The van der Waals surface area contributed by atoms with Crippen molar-refractivity contribution >= 4 is 54.9 Å². The molecular formula is C62H57IrN3O2-2. The van der Waals surface area contributed by atoms with E-state index < -0.39 is 0 Å². The molecule has 0 aliphatic rings. The number of fused-ring (bicyclic) bond motifs is 8. The fourth-order valence-corrected chi connectivity index (χ4v) is 9.45. The normalized spacial score (nSPS) is 12.1. The predicted molar refractivity (Wildman–Crippen MR) is 279 cm³/mol. The molecule has 11 rings (SSSR count). The largest absolute Gasteiger partial charge is 0.497 e. The van der Waals surface area contributed by atoms with Gasteiger partial charge in [-0.3, -0.25) is 4.98 Å². The van der Waals surface area contributed by atoms with Gasteiger partial charge < -0.3 is 18.4 Å². The van der Waals surface area contributed by atoms with Crippen molar-refractivity contribution in [1.29, 1.82) is 0 Å². The third-order valence-corrected chi connectivity index (χ3v) is 13.0. The molecule has 0 fully saturated rings. The Bertz CT molecular complexity index is 3570. The molecule has 6 heteroatoms. The van der Waals surface area contributed by atoms with Gasteiger partial charge in [0, 0.05) is 48.1 Å². The van der Waals surface area contributed by atoms with E-state index in [1.807, 2.05) is 42.6 Å². The molecule has 0 aliphatic carbocycles. The molecule has 0 unspecified atom stereocenters. The number of imidazole rings is 1. The Morgan fingerprint density at radius 2 is 1.25 bits per heavy atom. The van der Waals surface area contributed by atoms with Crippen molar-refractivity contribution in [3.63, 3.8) is 0 Å². The Morgan fingerprint density at radius 1 is 0.588 bits per heavy atom. The average Bonchev–Trinajstić information content (AvgIpc) is 4.03. The Kier molecular flexibility index (Phi) is 12.4. The Labute approximate surface area is 413 Å². The van der Waals surface area contributed by atoms with Gasteiger partial charge in [-0.05, 0) is 98.6 Å². The number of para-hydroxylation sites is 3. The minimum Gasteiger partial charge on any atom is -0.497 e. The van der Waals surface area contributed by atoms with Crippen LogP contribution in [-0.4, -0.2) is 14.5 Å². The van der Waals surface area contributed by atoms with E-state index in [9.17, 15) is 0 Å². The summed E-state index contributed by atoms with van der Waals surface area (Å²) in [7, 11) is 0. The van der Waals surface area contributed by atoms with Crippen LogP contribution in [-0.2, 0) is 30.9 Å². The summed E-state index contributed by atoms with van der Waals surface area (Å²) in [5.74, 6) is 1.34. The Hall–Kier alpha value is -6.59. The van der Waals surface area contributed by atoms with Crippen molar-refractivity contribution in [2.75, 3.05) is 0 Å². The van der Waals surface area contributed by atoms with Crippen LogP contribution in [0.4, 0.5) is 0 Å². The Balaban J connectivity index is 0.000000289. The summed E-state index contributed by atoms with van der Waals surface area (Å²) in [6, 6.07) is 57.7. The summed E-state index contributed by atoms with van der Waals surface area (Å²) in [6.45, 7) is 22.5. The second-order valence-corrected chi connectivity index (χ2v) is 20.4. The van der Waals surface area contributed by atoms with Crippen LogP contribution in [0, 0.1) is 12.1 Å². The van der Waals surface area contributed by atoms with Crippen molar-refractivity contribution in [3.8, 4) is 39.5 Å². The number of aromatic nitrogens is 3. The number of hydrogen-bond donors (Lipinski definition) is 0. The van der Waals surface area contributed by atoms with E-state index in [1.165, 1.54) is 39.1 Å². The fourth-order valence-electron chi connectivity index (χ4n) is 9.45. The zero-order valence-corrected chi connectivity index (χ0v) is 43.0. The van der Waals surface area contributed by atoms with Crippen molar-refractivity contribution in [3.05, 3.63) is 186 Å². The smallest absolute Gasteiger partial charge is 0.177 e. The number of rotatable bonds is 6. The molecule has 1 radical (unpaired) electrons. The monoisotopic (exact) mass is 1070 g/mol. The molecule has 0 amide bonds. The van der Waals surface area contributed by atoms with Crippen LogP contribution < -0.4 is 0 Å². The number of hydrogen-bond acceptors (Lipinski definition) is 4. The zero-order chi connectivity index (χ0) is 46.8. The minimum atomic E-state index is -0.157. The molecule has 0 saturated carbocycles. The van der Waals surface area contributed by atoms with Gasteiger partial charge >= 0.3 is 0 Å². The van der Waals surface area contributed by atoms with E-state index >= 15 is 0 Å². The second-order valence-electron chi connectivity index (χ2n) is 20.4. The maximum absolute atomic E-state index is 7.06. The van der Waals surface area contributed by atoms with Gasteiger partial charge in [-0.25, -0.2) is 0 Å². The molecule has 11 aromatic rings. The minimum absolute atomic E-state index is 0. The van der Waals surface area contributed by atoms with Crippen LogP contribution in [0.1, 0.15) is 103 Å². The maximum Gasteiger partial charge on any atom is 0.177 e. The van der Waals surface area contributed by atoms with E-state index in [-0.39, 0.29) is 42.8 Å². The van der Waals surface area contributed by atoms with Crippen LogP contribution in [0.2, 0.25) is 0 Å². The first kappa shape index (κ1) is 46.5. The van der Waals surface area contributed by atoms with E-state index in [1.54, 1.807) is 0 Å². The molecule has 0 atom stereocenters. The van der Waals surface area contributed by atoms with Gasteiger partial charge in [-0.1, -0.05) is 153 Å². The van der Waals surface area contributed by atoms with Gasteiger partial charge in [0.15, 0.2) is 11.2 Å². The molecule has 4 heterocycles. The molecule has 0 aliphatic heterocycles. The molecule has 7 aromatic carbocycles. The SMILES string of the molecule is CC(C)(C)c1ccnc(-c2[c-]cccc2)c1.CC(C)c1cc(-c2ccccc2)cc(C(C)C)c1-n1c(-c2[c-]cc(C(C)(C)C)c3c2oc2c3ccc3c4ccccc4oc32)nc2ccccc21.[Ir]. The fraction of sp³-hybridized carbons (Fsp3) is 0.226. The summed E-state index contributed by atoms with van der Waals surface area (Å²) in [4.78, 5) is 9.79. The van der Waals surface area contributed by atoms with Crippen molar-refractivity contribution < 1.29 is 28.9 Å². The van der Waals surface area contributed by atoms with E-state index in [0.29, 0.717) is 0 Å². The Morgan fingerprint density at radius 3 is 1.94 bits per heavy atom. The van der Waals surface area contributed by atoms with Gasteiger partial charge in [0.05, 0.1) is 22.4 Å². The number of benzene rings is 7. The molecule has 4 aromatic heterocycles. The molecule has 0 bridgehead atoms. The van der Waals surface area contributed by atoms with Crippen LogP contribution >= 0.6 is 0 Å². The molecular weight excluding hydrogens is 1010 g/mol. The molecule has 0 spiro atoms. The molecule has 0 N–H and O–H groups in total. The van der Waals surface area contributed by atoms with Crippen LogP contribution in [0.15, 0.2) is 161 Å². The van der Waals surface area contributed by atoms with Crippen molar-refractivity contribution in [1.82, 2.24) is 14.5 Å². The molecule has 343 valence electrons. The van der Waals surface area contributed by atoms with Gasteiger partial charge in [0.25, 0.3) is 0 Å². The van der Waals surface area contributed by atoms with E-state index in [0.717, 1.165) is 77.6 Å². The molecule has 68 heavy (non-hydrogen) atoms. The first-order valence-electron chi connectivity index (χ1n) is 23.5. The summed E-state index contributed by atoms with van der Waals surface area (Å²) < 4.78 is 15.9. The van der Waals surface area contributed by atoms with Crippen LogP contribution in [0.5, 0.6) is 0 Å².